The zero-order valence-corrected chi connectivity index (χ0v) is 13.4. The van der Waals surface area contributed by atoms with E-state index < -0.39 is 17.9 Å². The second-order valence-electron chi connectivity index (χ2n) is 5.65. The second kappa shape index (κ2) is 6.58. The van der Waals surface area contributed by atoms with E-state index in [0.29, 0.717) is 6.42 Å². The molecular weight excluding hydrogens is 331 g/mol. The van der Waals surface area contributed by atoms with Crippen LogP contribution < -0.4 is 5.32 Å². The van der Waals surface area contributed by atoms with Crippen LogP contribution in [0.25, 0.3) is 11.0 Å². The summed E-state index contributed by atoms with van der Waals surface area (Å²) < 4.78 is 38.5. The number of anilines is 1. The summed E-state index contributed by atoms with van der Waals surface area (Å²) in [5.41, 5.74) is 1.42. The number of aromatic amines is 1. The van der Waals surface area contributed by atoms with Crippen LogP contribution in [0.1, 0.15) is 30.7 Å². The Bertz CT molecular complexity index is 887. The van der Waals surface area contributed by atoms with Crippen LogP contribution in [-0.4, -0.2) is 15.9 Å². The summed E-state index contributed by atoms with van der Waals surface area (Å²) in [6.45, 7) is 1.88. The monoisotopic (exact) mass is 347 g/mol. The van der Waals surface area contributed by atoms with E-state index in [2.05, 4.69) is 15.3 Å². The molecule has 7 heteroatoms. The van der Waals surface area contributed by atoms with Gasteiger partial charge in [0.25, 0.3) is 0 Å². The predicted octanol–water partition coefficient (Wildman–Crippen LogP) is 4.71. The summed E-state index contributed by atoms with van der Waals surface area (Å²) in [4.78, 5) is 18.5. The van der Waals surface area contributed by atoms with E-state index in [1.165, 1.54) is 6.07 Å². The predicted molar refractivity (Wildman–Crippen MR) is 89.2 cm³/mol. The molecule has 4 nitrogen and oxygen atoms in total. The Morgan fingerprint density at radius 1 is 1.16 bits per heavy atom. The van der Waals surface area contributed by atoms with Crippen LogP contribution in [0.5, 0.6) is 0 Å². The first-order chi connectivity index (χ1) is 11.9. The van der Waals surface area contributed by atoms with Crippen molar-refractivity contribution in [3.8, 4) is 0 Å². The van der Waals surface area contributed by atoms with Crippen molar-refractivity contribution in [1.29, 1.82) is 0 Å². The summed E-state index contributed by atoms with van der Waals surface area (Å²) in [5, 5.41) is 2.71. The summed E-state index contributed by atoms with van der Waals surface area (Å²) in [5.74, 6) is -1.76. The van der Waals surface area contributed by atoms with Crippen molar-refractivity contribution >= 4 is 22.6 Å². The number of carbonyl (C=O) groups is 1. The van der Waals surface area contributed by atoms with E-state index in [4.69, 9.17) is 0 Å². The Morgan fingerprint density at radius 3 is 2.52 bits per heavy atom. The maximum atomic E-state index is 12.8. The molecule has 1 unspecified atom stereocenters. The number of hydrogen-bond donors (Lipinski definition) is 2. The number of rotatable bonds is 4. The Morgan fingerprint density at radius 2 is 1.88 bits per heavy atom. The number of benzene rings is 2. The highest BCUT2D eigenvalue weighted by Gasteiger charge is 2.35. The summed E-state index contributed by atoms with van der Waals surface area (Å²) >= 11 is 0. The zero-order chi connectivity index (χ0) is 18.0. The van der Waals surface area contributed by atoms with E-state index in [0.717, 1.165) is 5.56 Å². The number of carbonyl (C=O) groups excluding carboxylic acids is 1. The van der Waals surface area contributed by atoms with E-state index in [-0.39, 0.29) is 22.6 Å². The minimum atomic E-state index is -4.57. The standard InChI is InChI=1S/C18H16F3N3O/c1-2-12(11-7-4-3-5-8-11)16(25)22-13-9-6-10-14-15(13)24-17(23-14)18(19,20)21/h3-10,12H,2H2,1H3,(H,22,25)(H,23,24). The minimum absolute atomic E-state index is 0.0890. The van der Waals surface area contributed by atoms with Gasteiger partial charge in [-0.15, -0.1) is 0 Å². The molecule has 0 saturated carbocycles. The van der Waals surface area contributed by atoms with Crippen LogP contribution in [0.3, 0.4) is 0 Å². The quantitative estimate of drug-likeness (QED) is 0.718. The van der Waals surface area contributed by atoms with Crippen LogP contribution in [0, 0.1) is 0 Å². The van der Waals surface area contributed by atoms with Crippen molar-refractivity contribution in [2.24, 2.45) is 0 Å². The van der Waals surface area contributed by atoms with E-state index in [1.54, 1.807) is 12.1 Å². The van der Waals surface area contributed by atoms with Crippen molar-refractivity contribution in [2.75, 3.05) is 5.32 Å². The average Bonchev–Trinajstić information content (AvgIpc) is 3.02. The SMILES string of the molecule is CCC(C(=O)Nc1cccc2[nH]c(C(F)(F)F)nc12)c1ccccc1. The lowest BCUT2D eigenvalue weighted by Gasteiger charge is -2.15. The molecule has 0 saturated heterocycles. The van der Waals surface area contributed by atoms with Gasteiger partial charge in [0.05, 0.1) is 17.1 Å². The summed E-state index contributed by atoms with van der Waals surface area (Å²) in [7, 11) is 0. The molecule has 25 heavy (non-hydrogen) atoms. The maximum absolute atomic E-state index is 12.8. The Balaban J connectivity index is 1.92. The molecule has 0 bridgehead atoms. The van der Waals surface area contributed by atoms with Gasteiger partial charge in [-0.25, -0.2) is 4.98 Å². The van der Waals surface area contributed by atoms with Crippen LogP contribution in [0.2, 0.25) is 0 Å². The molecule has 3 aromatic rings. The van der Waals surface area contributed by atoms with Crippen molar-refractivity contribution in [3.63, 3.8) is 0 Å². The number of fused-ring (bicyclic) bond motifs is 1. The highest BCUT2D eigenvalue weighted by molar-refractivity contribution is 6.02. The molecular formula is C18H16F3N3O. The molecule has 2 aromatic carbocycles. The summed E-state index contributed by atoms with van der Waals surface area (Å²) in [6.07, 6.45) is -4.00. The molecule has 3 rings (SSSR count). The van der Waals surface area contributed by atoms with Crippen molar-refractivity contribution in [1.82, 2.24) is 9.97 Å². The lowest BCUT2D eigenvalue weighted by molar-refractivity contribution is -0.144. The number of aromatic nitrogens is 2. The topological polar surface area (TPSA) is 57.8 Å². The fourth-order valence-corrected chi connectivity index (χ4v) is 2.74. The molecule has 0 aliphatic carbocycles. The molecule has 2 N–H and O–H groups in total. The van der Waals surface area contributed by atoms with Gasteiger partial charge >= 0.3 is 6.18 Å². The van der Waals surface area contributed by atoms with E-state index in [9.17, 15) is 18.0 Å². The highest BCUT2D eigenvalue weighted by Crippen LogP contribution is 2.31. The molecule has 0 radical (unpaired) electrons. The molecule has 130 valence electrons. The molecule has 1 aromatic heterocycles. The van der Waals surface area contributed by atoms with Crippen molar-refractivity contribution < 1.29 is 18.0 Å². The van der Waals surface area contributed by atoms with Gasteiger partial charge in [0, 0.05) is 0 Å². The first-order valence-electron chi connectivity index (χ1n) is 7.82. The van der Waals surface area contributed by atoms with Crippen LogP contribution >= 0.6 is 0 Å². The number of amides is 1. The van der Waals surface area contributed by atoms with Crippen LogP contribution in [-0.2, 0) is 11.0 Å². The van der Waals surface area contributed by atoms with Gasteiger partial charge in [-0.3, -0.25) is 4.79 Å². The number of nitrogens with one attached hydrogen (secondary N) is 2. The van der Waals surface area contributed by atoms with Gasteiger partial charge in [-0.05, 0) is 24.1 Å². The van der Waals surface area contributed by atoms with Crippen LogP contribution in [0.4, 0.5) is 18.9 Å². The number of alkyl halides is 3. The van der Waals surface area contributed by atoms with Crippen LogP contribution in [0.15, 0.2) is 48.5 Å². The second-order valence-corrected chi connectivity index (χ2v) is 5.65. The first kappa shape index (κ1) is 17.0. The number of para-hydroxylation sites is 1. The highest BCUT2D eigenvalue weighted by atomic mass is 19.4. The molecule has 0 aliphatic rings. The number of nitrogens with zero attached hydrogens (tertiary/aromatic N) is 1. The molecule has 1 heterocycles. The molecule has 1 atom stereocenters. The molecule has 0 spiro atoms. The fraction of sp³-hybridized carbons (Fsp3) is 0.222. The largest absolute Gasteiger partial charge is 0.449 e. The molecule has 1 amide bonds. The lowest BCUT2D eigenvalue weighted by atomic mass is 9.95. The average molecular weight is 347 g/mol. The minimum Gasteiger partial charge on any atom is -0.334 e. The Kier molecular flexibility index (Phi) is 4.48. The number of H-pyrrole nitrogens is 1. The Hall–Kier alpha value is -2.83. The first-order valence-corrected chi connectivity index (χ1v) is 7.82. The zero-order valence-electron chi connectivity index (χ0n) is 13.4. The van der Waals surface area contributed by atoms with Gasteiger partial charge < -0.3 is 10.3 Å². The molecule has 0 fully saturated rings. The number of halogens is 3. The van der Waals surface area contributed by atoms with E-state index >= 15 is 0 Å². The number of imidazole rings is 1. The third kappa shape index (κ3) is 3.50. The maximum Gasteiger partial charge on any atom is 0.449 e. The van der Waals surface area contributed by atoms with Gasteiger partial charge in [0.2, 0.25) is 11.7 Å². The van der Waals surface area contributed by atoms with Crippen molar-refractivity contribution in [2.45, 2.75) is 25.4 Å². The van der Waals surface area contributed by atoms with Crippen molar-refractivity contribution in [3.05, 3.63) is 59.9 Å². The lowest BCUT2D eigenvalue weighted by Crippen LogP contribution is -2.20. The number of hydrogen-bond acceptors (Lipinski definition) is 2. The smallest absolute Gasteiger partial charge is 0.334 e. The third-order valence-electron chi connectivity index (χ3n) is 3.97. The van der Waals surface area contributed by atoms with E-state index in [1.807, 2.05) is 37.3 Å². The molecule has 0 aliphatic heterocycles. The van der Waals surface area contributed by atoms with Gasteiger partial charge in [-0.1, -0.05) is 43.3 Å². The third-order valence-corrected chi connectivity index (χ3v) is 3.97. The normalized spacial score (nSPS) is 13.0. The fourth-order valence-electron chi connectivity index (χ4n) is 2.74. The van der Waals surface area contributed by atoms with Gasteiger partial charge in [0.15, 0.2) is 0 Å². The Labute approximate surface area is 142 Å². The van der Waals surface area contributed by atoms with Gasteiger partial charge in [0.1, 0.15) is 5.52 Å². The summed E-state index contributed by atoms with van der Waals surface area (Å²) in [6, 6.07) is 13.8. The van der Waals surface area contributed by atoms with Gasteiger partial charge in [-0.2, -0.15) is 13.2 Å².